The summed E-state index contributed by atoms with van der Waals surface area (Å²) in [4.78, 5) is 0.196. The number of furan rings is 1. The summed E-state index contributed by atoms with van der Waals surface area (Å²) in [5.74, 6) is 0.937. The highest BCUT2D eigenvalue weighted by atomic mass is 79.9. The summed E-state index contributed by atoms with van der Waals surface area (Å²) < 4.78 is 32.3. The fraction of sp³-hybridized carbons (Fsp3) is 0.714. The zero-order valence-corrected chi connectivity index (χ0v) is 15.6. The molecule has 0 amide bonds. The SMILES string of the molecule is CCCNCc1cc(S(=O)(=O)N(C)CC(C)CC)c(Br)o1. The summed E-state index contributed by atoms with van der Waals surface area (Å²) in [5, 5.41) is 3.19. The van der Waals surface area contributed by atoms with E-state index in [4.69, 9.17) is 4.42 Å². The van der Waals surface area contributed by atoms with Gasteiger partial charge in [-0.25, -0.2) is 12.7 Å². The smallest absolute Gasteiger partial charge is 0.247 e. The Morgan fingerprint density at radius 2 is 2.10 bits per heavy atom. The lowest BCUT2D eigenvalue weighted by Gasteiger charge is -2.19. The first-order valence-electron chi connectivity index (χ1n) is 7.28. The molecule has 21 heavy (non-hydrogen) atoms. The molecule has 0 aromatic carbocycles. The third-order valence-electron chi connectivity index (χ3n) is 3.39. The van der Waals surface area contributed by atoms with Crippen LogP contribution < -0.4 is 5.32 Å². The van der Waals surface area contributed by atoms with Crippen molar-refractivity contribution >= 4 is 26.0 Å². The summed E-state index contributed by atoms with van der Waals surface area (Å²) in [5.41, 5.74) is 0. The number of hydrogen-bond acceptors (Lipinski definition) is 4. The molecule has 0 aliphatic rings. The van der Waals surface area contributed by atoms with E-state index in [-0.39, 0.29) is 9.56 Å². The molecule has 0 fully saturated rings. The number of sulfonamides is 1. The van der Waals surface area contributed by atoms with Crippen LogP contribution in [0.1, 0.15) is 39.4 Å². The maximum Gasteiger partial charge on any atom is 0.247 e. The van der Waals surface area contributed by atoms with Gasteiger partial charge in [-0.1, -0.05) is 27.2 Å². The second kappa shape index (κ2) is 8.31. The Bertz CT molecular complexity index is 542. The van der Waals surface area contributed by atoms with Gasteiger partial charge in [0.2, 0.25) is 10.0 Å². The summed E-state index contributed by atoms with van der Waals surface area (Å²) in [6, 6.07) is 1.59. The molecule has 1 aromatic heterocycles. The van der Waals surface area contributed by atoms with Gasteiger partial charge in [-0.2, -0.15) is 0 Å². The number of halogens is 1. The number of nitrogens with zero attached hydrogens (tertiary/aromatic N) is 1. The van der Waals surface area contributed by atoms with Gasteiger partial charge in [0.25, 0.3) is 0 Å². The van der Waals surface area contributed by atoms with Crippen LogP contribution in [0, 0.1) is 5.92 Å². The van der Waals surface area contributed by atoms with Crippen LogP contribution in [0.25, 0.3) is 0 Å². The molecule has 1 unspecified atom stereocenters. The van der Waals surface area contributed by atoms with Gasteiger partial charge in [0.15, 0.2) is 4.67 Å². The van der Waals surface area contributed by atoms with E-state index < -0.39 is 10.0 Å². The van der Waals surface area contributed by atoms with Crippen LogP contribution in [0.2, 0.25) is 0 Å². The Hall–Kier alpha value is -0.370. The molecule has 5 nitrogen and oxygen atoms in total. The second-order valence-electron chi connectivity index (χ2n) is 5.33. The topological polar surface area (TPSA) is 62.6 Å². The van der Waals surface area contributed by atoms with E-state index in [1.54, 1.807) is 13.1 Å². The first kappa shape index (κ1) is 18.7. The van der Waals surface area contributed by atoms with Crippen molar-refractivity contribution in [2.24, 2.45) is 5.92 Å². The molecular weight excluding hydrogens is 356 g/mol. The van der Waals surface area contributed by atoms with Gasteiger partial charge in [-0.15, -0.1) is 0 Å². The molecule has 1 atom stereocenters. The van der Waals surface area contributed by atoms with E-state index in [0.29, 0.717) is 24.8 Å². The lowest BCUT2D eigenvalue weighted by atomic mass is 10.1. The van der Waals surface area contributed by atoms with E-state index in [2.05, 4.69) is 35.1 Å². The molecule has 7 heteroatoms. The van der Waals surface area contributed by atoms with Crippen molar-refractivity contribution in [2.75, 3.05) is 20.1 Å². The second-order valence-corrected chi connectivity index (χ2v) is 8.06. The Balaban J connectivity index is 2.87. The minimum atomic E-state index is -3.52. The molecular formula is C14H25BrN2O3S. The van der Waals surface area contributed by atoms with Gasteiger partial charge in [-0.3, -0.25) is 0 Å². The first-order valence-corrected chi connectivity index (χ1v) is 9.51. The zero-order valence-electron chi connectivity index (χ0n) is 13.1. The van der Waals surface area contributed by atoms with E-state index in [1.807, 2.05) is 6.92 Å². The van der Waals surface area contributed by atoms with Crippen LogP contribution in [-0.4, -0.2) is 32.9 Å². The molecule has 0 radical (unpaired) electrons. The summed E-state index contributed by atoms with van der Waals surface area (Å²) in [6.07, 6.45) is 1.96. The van der Waals surface area contributed by atoms with Crippen molar-refractivity contribution in [1.82, 2.24) is 9.62 Å². The van der Waals surface area contributed by atoms with Gasteiger partial charge in [0, 0.05) is 19.7 Å². The minimum Gasteiger partial charge on any atom is -0.452 e. The lowest BCUT2D eigenvalue weighted by molar-refractivity contribution is 0.392. The van der Waals surface area contributed by atoms with Crippen LogP contribution in [0.15, 0.2) is 20.0 Å². The average molecular weight is 381 g/mol. The molecule has 0 saturated carbocycles. The predicted molar refractivity (Wildman–Crippen MR) is 87.7 cm³/mol. The van der Waals surface area contributed by atoms with E-state index >= 15 is 0 Å². The van der Waals surface area contributed by atoms with Crippen LogP contribution in [0.5, 0.6) is 0 Å². The van der Waals surface area contributed by atoms with Crippen LogP contribution in [0.3, 0.4) is 0 Å². The highest BCUT2D eigenvalue weighted by Crippen LogP contribution is 2.28. The van der Waals surface area contributed by atoms with Crippen molar-refractivity contribution in [1.29, 1.82) is 0 Å². The highest BCUT2D eigenvalue weighted by molar-refractivity contribution is 9.10. The van der Waals surface area contributed by atoms with Gasteiger partial charge in [0.1, 0.15) is 10.7 Å². The fourth-order valence-electron chi connectivity index (χ4n) is 1.88. The van der Waals surface area contributed by atoms with Crippen molar-refractivity contribution in [3.63, 3.8) is 0 Å². The third-order valence-corrected chi connectivity index (χ3v) is 6.07. The lowest BCUT2D eigenvalue weighted by Crippen LogP contribution is -2.31. The molecule has 0 aliphatic carbocycles. The largest absolute Gasteiger partial charge is 0.452 e. The molecule has 0 aliphatic heterocycles. The highest BCUT2D eigenvalue weighted by Gasteiger charge is 2.27. The zero-order chi connectivity index (χ0) is 16.0. The molecule has 122 valence electrons. The molecule has 1 rings (SSSR count). The fourth-order valence-corrected chi connectivity index (χ4v) is 4.13. The third kappa shape index (κ3) is 5.09. The number of hydrogen-bond donors (Lipinski definition) is 1. The molecule has 0 spiro atoms. The predicted octanol–water partition coefficient (Wildman–Crippen LogP) is 3.21. The number of nitrogens with one attached hydrogen (secondary N) is 1. The molecule has 1 N–H and O–H groups in total. The van der Waals surface area contributed by atoms with Gasteiger partial charge < -0.3 is 9.73 Å². The monoisotopic (exact) mass is 380 g/mol. The van der Waals surface area contributed by atoms with Crippen LogP contribution >= 0.6 is 15.9 Å². The normalized spacial score (nSPS) is 13.8. The average Bonchev–Trinajstić information content (AvgIpc) is 2.80. The maximum absolute atomic E-state index is 12.6. The first-order chi connectivity index (χ1) is 9.82. The minimum absolute atomic E-state index is 0.196. The number of rotatable bonds is 9. The van der Waals surface area contributed by atoms with Gasteiger partial charge >= 0.3 is 0 Å². The molecule has 1 aromatic rings. The van der Waals surface area contributed by atoms with Crippen molar-refractivity contribution in [2.45, 2.75) is 45.1 Å². The van der Waals surface area contributed by atoms with Gasteiger partial charge in [0.05, 0.1) is 6.54 Å². The maximum atomic E-state index is 12.6. The van der Waals surface area contributed by atoms with Crippen molar-refractivity contribution in [3.05, 3.63) is 16.5 Å². The van der Waals surface area contributed by atoms with Crippen LogP contribution in [0.4, 0.5) is 0 Å². The Morgan fingerprint density at radius 1 is 1.43 bits per heavy atom. The summed E-state index contributed by atoms with van der Waals surface area (Å²) >= 11 is 3.21. The summed E-state index contributed by atoms with van der Waals surface area (Å²) in [7, 11) is -1.91. The van der Waals surface area contributed by atoms with Gasteiger partial charge in [-0.05, 0) is 34.8 Å². The Labute approximate surface area is 136 Å². The van der Waals surface area contributed by atoms with E-state index in [9.17, 15) is 8.42 Å². The Kier molecular flexibility index (Phi) is 7.39. The van der Waals surface area contributed by atoms with Crippen LogP contribution in [-0.2, 0) is 16.6 Å². The van der Waals surface area contributed by atoms with E-state index in [1.165, 1.54) is 4.31 Å². The van der Waals surface area contributed by atoms with Crippen molar-refractivity contribution in [3.8, 4) is 0 Å². The standard InChI is InChI=1S/C14H25BrN2O3S/c1-5-7-16-9-12-8-13(14(15)20-12)21(18,19)17(4)10-11(3)6-2/h8,11,16H,5-7,9-10H2,1-4H3. The quantitative estimate of drug-likeness (QED) is 0.668. The molecule has 0 saturated heterocycles. The molecule has 0 bridgehead atoms. The van der Waals surface area contributed by atoms with E-state index in [0.717, 1.165) is 19.4 Å². The van der Waals surface area contributed by atoms with Crippen molar-refractivity contribution < 1.29 is 12.8 Å². The Morgan fingerprint density at radius 3 is 2.67 bits per heavy atom. The summed E-state index contributed by atoms with van der Waals surface area (Å²) in [6.45, 7) is 8.06. The molecule has 1 heterocycles.